The number of hydrogen-bond donors (Lipinski definition) is 1. The van der Waals surface area contributed by atoms with Gasteiger partial charge in [-0.3, -0.25) is 0 Å². The molecular formula is C28H30F2N2O3. The molecule has 0 radical (unpaired) electrons. The molecule has 1 aromatic carbocycles. The van der Waals surface area contributed by atoms with E-state index in [0.717, 1.165) is 52.2 Å². The first-order valence-corrected chi connectivity index (χ1v) is 11.8. The van der Waals surface area contributed by atoms with Gasteiger partial charge < -0.3 is 19.5 Å². The molecule has 2 aliphatic heterocycles. The first-order chi connectivity index (χ1) is 16.5. The summed E-state index contributed by atoms with van der Waals surface area (Å²) in [5.74, 6) is 0.879. The van der Waals surface area contributed by atoms with Crippen molar-refractivity contribution in [2.45, 2.75) is 71.5 Å². The highest BCUT2D eigenvalue weighted by atomic mass is 19.3. The van der Waals surface area contributed by atoms with E-state index in [1.807, 2.05) is 25.1 Å². The second-order valence-electron chi connectivity index (χ2n) is 10.00. The molecule has 2 fully saturated rings. The molecule has 35 heavy (non-hydrogen) atoms. The highest BCUT2D eigenvalue weighted by molar-refractivity contribution is 5.77. The Hall–Kier alpha value is -3.19. The van der Waals surface area contributed by atoms with Gasteiger partial charge in [-0.25, -0.2) is 4.98 Å². The summed E-state index contributed by atoms with van der Waals surface area (Å²) in [6.07, 6.45) is 2.02. The summed E-state index contributed by atoms with van der Waals surface area (Å²) in [4.78, 5) is 4.94. The summed E-state index contributed by atoms with van der Waals surface area (Å²) in [7, 11) is 0. The zero-order chi connectivity index (χ0) is 25.1. The third-order valence-corrected chi connectivity index (χ3v) is 6.95. The Balaban J connectivity index is 1.36. The van der Waals surface area contributed by atoms with E-state index in [9.17, 15) is 8.78 Å². The van der Waals surface area contributed by atoms with Crippen molar-refractivity contribution >= 4 is 11.4 Å². The van der Waals surface area contributed by atoms with E-state index in [0.29, 0.717) is 0 Å². The maximum Gasteiger partial charge on any atom is 0.586 e. The average molecular weight is 481 g/mol. The van der Waals surface area contributed by atoms with Crippen LogP contribution < -0.4 is 14.8 Å². The number of halogens is 2. The minimum atomic E-state index is -3.62. The number of rotatable bonds is 7. The molecule has 2 aromatic rings. The molecule has 7 heteroatoms. The van der Waals surface area contributed by atoms with E-state index in [1.165, 1.54) is 5.57 Å². The molecule has 0 amide bonds. The van der Waals surface area contributed by atoms with E-state index in [1.54, 1.807) is 12.1 Å². The van der Waals surface area contributed by atoms with Crippen molar-refractivity contribution in [2.24, 2.45) is 0 Å². The number of epoxide rings is 1. The number of alkyl halides is 2. The summed E-state index contributed by atoms with van der Waals surface area (Å²) in [6, 6.07) is 7.07. The summed E-state index contributed by atoms with van der Waals surface area (Å²) in [6.45, 7) is 14.2. The fourth-order valence-electron chi connectivity index (χ4n) is 4.70. The molecule has 3 heterocycles. The fourth-order valence-corrected chi connectivity index (χ4v) is 4.70. The van der Waals surface area contributed by atoms with Crippen LogP contribution in [0.2, 0.25) is 0 Å². The number of nitrogens with one attached hydrogen (secondary N) is 1. The molecule has 184 valence electrons. The Kier molecular flexibility index (Phi) is 5.51. The van der Waals surface area contributed by atoms with Crippen LogP contribution in [0.1, 0.15) is 56.0 Å². The molecule has 5 nitrogen and oxygen atoms in total. The molecular weight excluding hydrogens is 450 g/mol. The number of fused-ring (bicyclic) bond motifs is 1. The molecule has 0 bridgehead atoms. The van der Waals surface area contributed by atoms with Crippen LogP contribution in [0, 0.1) is 13.8 Å². The van der Waals surface area contributed by atoms with Gasteiger partial charge in [-0.05, 0) is 87.9 Å². The van der Waals surface area contributed by atoms with Crippen LogP contribution in [0.15, 0.2) is 54.1 Å². The van der Waals surface area contributed by atoms with Gasteiger partial charge in [0.25, 0.3) is 0 Å². The van der Waals surface area contributed by atoms with Crippen molar-refractivity contribution in [1.29, 1.82) is 0 Å². The van der Waals surface area contributed by atoms with Crippen LogP contribution in [-0.2, 0) is 10.2 Å². The summed E-state index contributed by atoms with van der Waals surface area (Å²) in [5.41, 5.74) is 7.12. The molecule has 0 spiro atoms. The SMILES string of the molecule is C=C(C)/C=C\C(=C(C)C)c1nc(NC2OC2C2(c3ccc4c(c3)OC(F)(F)O4)CC2)cc(C)c1C. The Labute approximate surface area is 204 Å². The highest BCUT2D eigenvalue weighted by Gasteiger charge is 2.63. The number of aryl methyl sites for hydroxylation is 1. The first-order valence-electron chi connectivity index (χ1n) is 11.8. The molecule has 1 aliphatic carbocycles. The lowest BCUT2D eigenvalue weighted by molar-refractivity contribution is -0.286. The number of allylic oxidation sites excluding steroid dienone is 5. The number of nitrogens with zero attached hydrogens (tertiary/aromatic N) is 1. The average Bonchev–Trinajstić information content (AvgIpc) is 3.67. The third kappa shape index (κ3) is 4.45. The lowest BCUT2D eigenvalue weighted by Crippen LogP contribution is -2.26. The van der Waals surface area contributed by atoms with Gasteiger partial charge in [-0.15, -0.1) is 8.78 Å². The van der Waals surface area contributed by atoms with Crippen molar-refractivity contribution in [1.82, 2.24) is 4.98 Å². The molecule has 3 aliphatic rings. The fraction of sp³-hybridized carbons (Fsp3) is 0.393. The summed E-state index contributed by atoms with van der Waals surface area (Å²) < 4.78 is 42.1. The second kappa shape index (κ2) is 8.19. The van der Waals surface area contributed by atoms with Crippen molar-refractivity contribution < 1.29 is 23.0 Å². The number of ether oxygens (including phenoxy) is 3. The maximum atomic E-state index is 13.4. The molecule has 2 unspecified atom stereocenters. The predicted octanol–water partition coefficient (Wildman–Crippen LogP) is 6.81. The quantitative estimate of drug-likeness (QED) is 0.348. The van der Waals surface area contributed by atoms with Gasteiger partial charge in [0, 0.05) is 5.41 Å². The lowest BCUT2D eigenvalue weighted by Gasteiger charge is -2.16. The molecule has 1 aromatic heterocycles. The number of anilines is 1. The molecule has 1 saturated heterocycles. The van der Waals surface area contributed by atoms with Gasteiger partial charge in [0.1, 0.15) is 11.9 Å². The third-order valence-electron chi connectivity index (χ3n) is 6.95. The topological polar surface area (TPSA) is 55.9 Å². The summed E-state index contributed by atoms with van der Waals surface area (Å²) >= 11 is 0. The van der Waals surface area contributed by atoms with Gasteiger partial charge in [-0.2, -0.15) is 0 Å². The minimum Gasteiger partial charge on any atom is -0.395 e. The lowest BCUT2D eigenvalue weighted by atomic mass is 9.91. The Bertz CT molecular complexity index is 1270. The largest absolute Gasteiger partial charge is 0.586 e. The van der Waals surface area contributed by atoms with E-state index in [-0.39, 0.29) is 29.2 Å². The monoisotopic (exact) mass is 480 g/mol. The Morgan fingerprint density at radius 3 is 2.46 bits per heavy atom. The van der Waals surface area contributed by atoms with Crippen LogP contribution in [0.5, 0.6) is 11.5 Å². The van der Waals surface area contributed by atoms with Gasteiger partial charge >= 0.3 is 6.29 Å². The standard InChI is InChI=1S/C28H30F2N2O3/c1-15(2)7-9-20(16(3)4)24-18(6)17(5)13-23(31-24)32-26-25(33-26)27(11-12-27)19-8-10-21-22(14-19)35-28(29,30)34-21/h7-10,13-14,25-26H,1,11-12H2,2-6H3,(H,31,32)/b9-7-. The number of pyridine rings is 1. The van der Waals surface area contributed by atoms with Crippen LogP contribution in [0.3, 0.4) is 0 Å². The highest BCUT2D eigenvalue weighted by Crippen LogP contribution is 2.59. The minimum absolute atomic E-state index is 0.0589. The Morgan fingerprint density at radius 1 is 1.09 bits per heavy atom. The van der Waals surface area contributed by atoms with Crippen LogP contribution >= 0.6 is 0 Å². The van der Waals surface area contributed by atoms with Gasteiger partial charge in [0.2, 0.25) is 0 Å². The van der Waals surface area contributed by atoms with E-state index >= 15 is 0 Å². The van der Waals surface area contributed by atoms with Crippen molar-refractivity contribution in [2.75, 3.05) is 5.32 Å². The van der Waals surface area contributed by atoms with Crippen LogP contribution in [-0.4, -0.2) is 23.6 Å². The molecule has 1 N–H and O–H groups in total. The van der Waals surface area contributed by atoms with Crippen molar-refractivity contribution in [3.8, 4) is 11.5 Å². The Morgan fingerprint density at radius 2 is 1.80 bits per heavy atom. The van der Waals surface area contributed by atoms with E-state index < -0.39 is 6.29 Å². The maximum absolute atomic E-state index is 13.4. The zero-order valence-electron chi connectivity index (χ0n) is 20.7. The van der Waals surface area contributed by atoms with Gasteiger partial charge in [0.15, 0.2) is 17.7 Å². The van der Waals surface area contributed by atoms with E-state index in [4.69, 9.17) is 9.72 Å². The van der Waals surface area contributed by atoms with Crippen LogP contribution in [0.4, 0.5) is 14.6 Å². The normalized spacial score (nSPS) is 22.7. The smallest absolute Gasteiger partial charge is 0.395 e. The molecule has 5 rings (SSSR count). The van der Waals surface area contributed by atoms with Crippen LogP contribution in [0.25, 0.3) is 5.57 Å². The van der Waals surface area contributed by atoms with Crippen molar-refractivity contribution in [3.63, 3.8) is 0 Å². The first kappa shape index (κ1) is 23.5. The number of aromatic nitrogens is 1. The molecule has 2 atom stereocenters. The molecule has 1 saturated carbocycles. The second-order valence-corrected chi connectivity index (χ2v) is 10.00. The number of benzene rings is 1. The predicted molar refractivity (Wildman–Crippen MR) is 132 cm³/mol. The van der Waals surface area contributed by atoms with Gasteiger partial charge in [0.05, 0.1) is 5.69 Å². The number of hydrogen-bond acceptors (Lipinski definition) is 5. The zero-order valence-corrected chi connectivity index (χ0v) is 20.7. The summed E-state index contributed by atoms with van der Waals surface area (Å²) in [5, 5.41) is 3.44. The van der Waals surface area contributed by atoms with E-state index in [2.05, 4.69) is 55.1 Å². The van der Waals surface area contributed by atoms with Crippen molar-refractivity contribution in [3.05, 3.63) is 76.5 Å². The van der Waals surface area contributed by atoms with Gasteiger partial charge in [-0.1, -0.05) is 35.9 Å².